The van der Waals surface area contributed by atoms with Crippen LogP contribution >= 0.6 is 0 Å². The zero-order valence-corrected chi connectivity index (χ0v) is 14.4. The van der Waals surface area contributed by atoms with Gasteiger partial charge in [-0.3, -0.25) is 9.59 Å². The highest BCUT2D eigenvalue weighted by Gasteiger charge is 2.12. The summed E-state index contributed by atoms with van der Waals surface area (Å²) in [6.07, 6.45) is 3.73. The van der Waals surface area contributed by atoms with Crippen LogP contribution in [0.3, 0.4) is 0 Å². The molecule has 5 nitrogen and oxygen atoms in total. The Morgan fingerprint density at radius 3 is 2.28 bits per heavy atom. The Bertz CT molecular complexity index is 750. The Morgan fingerprint density at radius 1 is 0.880 bits per heavy atom. The maximum absolute atomic E-state index is 12.4. The number of rotatable bonds is 4. The molecule has 1 aliphatic rings. The fourth-order valence-corrected chi connectivity index (χ4v) is 3.04. The summed E-state index contributed by atoms with van der Waals surface area (Å²) >= 11 is 0. The van der Waals surface area contributed by atoms with Crippen molar-refractivity contribution in [3.05, 3.63) is 54.1 Å². The molecule has 3 rings (SSSR count). The van der Waals surface area contributed by atoms with Crippen molar-refractivity contribution < 1.29 is 9.59 Å². The first-order valence-corrected chi connectivity index (χ1v) is 8.66. The van der Waals surface area contributed by atoms with Gasteiger partial charge in [-0.2, -0.15) is 0 Å². The van der Waals surface area contributed by atoms with E-state index >= 15 is 0 Å². The van der Waals surface area contributed by atoms with Gasteiger partial charge in [-0.25, -0.2) is 0 Å². The van der Waals surface area contributed by atoms with Gasteiger partial charge >= 0.3 is 0 Å². The van der Waals surface area contributed by atoms with E-state index in [4.69, 9.17) is 0 Å². The second-order valence-corrected chi connectivity index (χ2v) is 6.31. The van der Waals surface area contributed by atoms with Crippen LogP contribution in [0.25, 0.3) is 0 Å². The topological polar surface area (TPSA) is 61.4 Å². The lowest BCUT2D eigenvalue weighted by Gasteiger charge is -2.29. The third-order valence-electron chi connectivity index (χ3n) is 4.29. The quantitative estimate of drug-likeness (QED) is 0.890. The number of anilines is 3. The van der Waals surface area contributed by atoms with Gasteiger partial charge in [0, 0.05) is 42.6 Å². The van der Waals surface area contributed by atoms with Crippen molar-refractivity contribution in [1.82, 2.24) is 0 Å². The van der Waals surface area contributed by atoms with Crippen LogP contribution in [0.4, 0.5) is 17.1 Å². The van der Waals surface area contributed by atoms with E-state index in [1.807, 2.05) is 18.2 Å². The number of hydrogen-bond acceptors (Lipinski definition) is 3. The van der Waals surface area contributed by atoms with Crippen LogP contribution in [0.5, 0.6) is 0 Å². The number of nitrogens with one attached hydrogen (secondary N) is 2. The molecule has 0 saturated carbocycles. The molecule has 1 aliphatic heterocycles. The molecule has 0 aliphatic carbocycles. The summed E-state index contributed by atoms with van der Waals surface area (Å²) in [6.45, 7) is 3.60. The molecule has 2 aromatic carbocycles. The number of carbonyl (C=O) groups excluding carboxylic acids is 2. The van der Waals surface area contributed by atoms with E-state index in [9.17, 15) is 9.59 Å². The fraction of sp³-hybridized carbons (Fsp3) is 0.300. The van der Waals surface area contributed by atoms with E-state index in [1.54, 1.807) is 24.3 Å². The van der Waals surface area contributed by atoms with Crippen LogP contribution in [0, 0.1) is 0 Å². The van der Waals surface area contributed by atoms with E-state index in [0.29, 0.717) is 11.3 Å². The number of hydrogen-bond donors (Lipinski definition) is 2. The summed E-state index contributed by atoms with van der Waals surface area (Å²) < 4.78 is 0. The smallest absolute Gasteiger partial charge is 0.255 e. The molecule has 0 atom stereocenters. The first kappa shape index (κ1) is 17.0. The average Bonchev–Trinajstić information content (AvgIpc) is 2.63. The minimum atomic E-state index is -0.162. The molecule has 1 fully saturated rings. The van der Waals surface area contributed by atoms with Crippen molar-refractivity contribution in [1.29, 1.82) is 0 Å². The number of nitrogens with zero attached hydrogens (tertiary/aromatic N) is 1. The van der Waals surface area contributed by atoms with Crippen LogP contribution in [0.1, 0.15) is 36.5 Å². The molecule has 0 bridgehead atoms. The molecule has 1 saturated heterocycles. The summed E-state index contributed by atoms with van der Waals surface area (Å²) in [5.74, 6) is -0.295. The van der Waals surface area contributed by atoms with Gasteiger partial charge in [0.25, 0.3) is 5.91 Å². The molecule has 130 valence electrons. The Morgan fingerprint density at radius 2 is 1.60 bits per heavy atom. The van der Waals surface area contributed by atoms with Gasteiger partial charge in [0.1, 0.15) is 0 Å². The normalized spacial score (nSPS) is 14.0. The predicted octanol–water partition coefficient (Wildman–Crippen LogP) is 3.89. The Kier molecular flexibility index (Phi) is 5.33. The largest absolute Gasteiger partial charge is 0.371 e. The number of piperidine rings is 1. The molecule has 5 heteroatoms. The van der Waals surface area contributed by atoms with Gasteiger partial charge in [0.2, 0.25) is 5.91 Å². The molecule has 2 amide bonds. The first-order valence-electron chi connectivity index (χ1n) is 8.66. The maximum atomic E-state index is 12.4. The fourth-order valence-electron chi connectivity index (χ4n) is 3.04. The van der Waals surface area contributed by atoms with Crippen LogP contribution in [-0.4, -0.2) is 24.9 Å². The predicted molar refractivity (Wildman–Crippen MR) is 101 cm³/mol. The molecule has 2 N–H and O–H groups in total. The van der Waals surface area contributed by atoms with Crippen molar-refractivity contribution in [2.75, 3.05) is 28.6 Å². The van der Waals surface area contributed by atoms with Crippen LogP contribution in [0.15, 0.2) is 48.5 Å². The standard InChI is InChI=1S/C20H23N3O2/c1-15(24)21-17-10-8-16(9-11-17)20(25)22-18-6-5-7-19(14-18)23-12-3-2-4-13-23/h5-11,14H,2-4,12-13H2,1H3,(H,21,24)(H,22,25). The lowest BCUT2D eigenvalue weighted by molar-refractivity contribution is -0.114. The monoisotopic (exact) mass is 337 g/mol. The second kappa shape index (κ2) is 7.83. The van der Waals surface area contributed by atoms with E-state index < -0.39 is 0 Å². The highest BCUT2D eigenvalue weighted by atomic mass is 16.2. The SMILES string of the molecule is CC(=O)Nc1ccc(C(=O)Nc2cccc(N3CCCCC3)c2)cc1. The van der Waals surface area contributed by atoms with Gasteiger partial charge in [-0.05, 0) is 61.7 Å². The number of benzene rings is 2. The summed E-state index contributed by atoms with van der Waals surface area (Å²) in [6, 6.07) is 14.8. The molecule has 1 heterocycles. The Balaban J connectivity index is 1.67. The van der Waals surface area contributed by atoms with Crippen LogP contribution in [0.2, 0.25) is 0 Å². The van der Waals surface area contributed by atoms with Gasteiger partial charge < -0.3 is 15.5 Å². The molecule has 0 radical (unpaired) electrons. The average molecular weight is 337 g/mol. The summed E-state index contributed by atoms with van der Waals surface area (Å²) in [4.78, 5) is 25.8. The summed E-state index contributed by atoms with van der Waals surface area (Å²) in [7, 11) is 0. The molecule has 0 unspecified atom stereocenters. The zero-order valence-electron chi connectivity index (χ0n) is 14.4. The van der Waals surface area contributed by atoms with E-state index in [2.05, 4.69) is 21.6 Å². The summed E-state index contributed by atoms with van der Waals surface area (Å²) in [5, 5.41) is 5.63. The van der Waals surface area contributed by atoms with Gasteiger partial charge in [-0.15, -0.1) is 0 Å². The number of amides is 2. The van der Waals surface area contributed by atoms with Crippen LogP contribution < -0.4 is 15.5 Å². The molecular formula is C20H23N3O2. The highest BCUT2D eigenvalue weighted by molar-refractivity contribution is 6.04. The third-order valence-corrected chi connectivity index (χ3v) is 4.29. The molecule has 0 spiro atoms. The minimum absolute atomic E-state index is 0.133. The van der Waals surface area contributed by atoms with E-state index in [-0.39, 0.29) is 11.8 Å². The van der Waals surface area contributed by atoms with Gasteiger partial charge in [0.05, 0.1) is 0 Å². The molecule has 25 heavy (non-hydrogen) atoms. The lowest BCUT2D eigenvalue weighted by Crippen LogP contribution is -2.29. The Labute approximate surface area is 148 Å². The van der Waals surface area contributed by atoms with Crippen molar-refractivity contribution in [2.45, 2.75) is 26.2 Å². The third kappa shape index (κ3) is 4.59. The van der Waals surface area contributed by atoms with Gasteiger partial charge in [0.15, 0.2) is 0 Å². The second-order valence-electron chi connectivity index (χ2n) is 6.31. The van der Waals surface area contributed by atoms with Crippen molar-refractivity contribution in [3.8, 4) is 0 Å². The lowest BCUT2D eigenvalue weighted by atomic mass is 10.1. The highest BCUT2D eigenvalue weighted by Crippen LogP contribution is 2.23. The molecule has 2 aromatic rings. The molecular weight excluding hydrogens is 314 g/mol. The van der Waals surface area contributed by atoms with Gasteiger partial charge in [-0.1, -0.05) is 6.07 Å². The van der Waals surface area contributed by atoms with Crippen LogP contribution in [-0.2, 0) is 4.79 Å². The zero-order chi connectivity index (χ0) is 17.6. The van der Waals surface area contributed by atoms with Crippen molar-refractivity contribution in [2.24, 2.45) is 0 Å². The van der Waals surface area contributed by atoms with E-state index in [0.717, 1.165) is 24.5 Å². The maximum Gasteiger partial charge on any atom is 0.255 e. The van der Waals surface area contributed by atoms with Crippen molar-refractivity contribution >= 4 is 28.9 Å². The van der Waals surface area contributed by atoms with Crippen molar-refractivity contribution in [3.63, 3.8) is 0 Å². The molecule has 0 aromatic heterocycles. The van der Waals surface area contributed by atoms with E-state index in [1.165, 1.54) is 26.2 Å². The Hall–Kier alpha value is -2.82. The number of carbonyl (C=O) groups is 2. The minimum Gasteiger partial charge on any atom is -0.371 e. The summed E-state index contributed by atoms with van der Waals surface area (Å²) in [5.41, 5.74) is 3.17. The first-order chi connectivity index (χ1) is 12.1.